The number of aromatic nitrogens is 2. The smallest absolute Gasteiger partial charge is 0.237 e. The molecule has 4 nitrogen and oxygen atoms in total. The molecule has 6 heteroatoms. The normalized spacial score (nSPS) is 12.6. The van der Waals surface area contributed by atoms with E-state index in [0.29, 0.717) is 18.1 Å². The van der Waals surface area contributed by atoms with Crippen LogP contribution < -0.4 is 0 Å². The second-order valence-corrected chi connectivity index (χ2v) is 5.45. The van der Waals surface area contributed by atoms with E-state index in [9.17, 15) is 4.79 Å². The van der Waals surface area contributed by atoms with Crippen LogP contribution in [0.15, 0.2) is 20.4 Å². The maximum atomic E-state index is 11.5. The quantitative estimate of drug-likeness (QED) is 0.864. The Balaban J connectivity index is 2.24. The minimum absolute atomic E-state index is 0.104. The van der Waals surface area contributed by atoms with Crippen molar-refractivity contribution in [3.8, 4) is 10.7 Å². The Morgan fingerprint density at radius 1 is 1.65 bits per heavy atom. The summed E-state index contributed by atoms with van der Waals surface area (Å²) >= 11 is 4.89. The van der Waals surface area contributed by atoms with Gasteiger partial charge in [0.15, 0.2) is 0 Å². The first-order valence-electron chi connectivity index (χ1n) is 5.22. The summed E-state index contributed by atoms with van der Waals surface area (Å²) in [6, 6.07) is 1.92. The van der Waals surface area contributed by atoms with E-state index in [2.05, 4.69) is 26.1 Å². The highest BCUT2D eigenvalue weighted by atomic mass is 79.9. The number of ketones is 1. The Morgan fingerprint density at radius 3 is 3.00 bits per heavy atom. The van der Waals surface area contributed by atoms with E-state index in [1.807, 2.05) is 18.4 Å². The lowest BCUT2D eigenvalue weighted by atomic mass is 10.1. The average molecular weight is 315 g/mol. The summed E-state index contributed by atoms with van der Waals surface area (Å²) in [4.78, 5) is 16.7. The molecule has 0 bridgehead atoms. The van der Waals surface area contributed by atoms with Gasteiger partial charge in [0, 0.05) is 16.3 Å². The highest BCUT2D eigenvalue weighted by Gasteiger charge is 2.21. The fourth-order valence-electron chi connectivity index (χ4n) is 1.39. The molecule has 2 rings (SSSR count). The molecule has 0 amide bonds. The highest BCUT2D eigenvalue weighted by molar-refractivity contribution is 9.10. The summed E-state index contributed by atoms with van der Waals surface area (Å²) in [7, 11) is 0. The highest BCUT2D eigenvalue weighted by Crippen LogP contribution is 2.28. The number of carbonyl (C=O) groups excluding carboxylic acids is 1. The molecule has 0 saturated heterocycles. The van der Waals surface area contributed by atoms with Crippen LogP contribution in [0.2, 0.25) is 0 Å². The van der Waals surface area contributed by atoms with Crippen LogP contribution >= 0.6 is 27.3 Å². The molecule has 2 aromatic rings. The van der Waals surface area contributed by atoms with Crippen molar-refractivity contribution in [1.82, 2.24) is 10.1 Å². The van der Waals surface area contributed by atoms with Crippen LogP contribution in [-0.4, -0.2) is 15.9 Å². The third-order valence-corrected chi connectivity index (χ3v) is 4.12. The van der Waals surface area contributed by atoms with Gasteiger partial charge in [-0.3, -0.25) is 4.79 Å². The van der Waals surface area contributed by atoms with Crippen molar-refractivity contribution in [2.75, 3.05) is 0 Å². The summed E-state index contributed by atoms with van der Waals surface area (Å²) < 4.78 is 6.11. The molecule has 0 radical (unpaired) electrons. The largest absolute Gasteiger partial charge is 0.338 e. The van der Waals surface area contributed by atoms with Crippen LogP contribution in [0.3, 0.4) is 0 Å². The molecule has 0 aliphatic carbocycles. The lowest BCUT2D eigenvalue weighted by molar-refractivity contribution is -0.120. The standard InChI is InChI=1S/C11H11BrN2O2S/c1-3-8(15)6(2)11-13-10(14-16-11)9-4-7(12)5-17-9/h4-6H,3H2,1-2H3. The summed E-state index contributed by atoms with van der Waals surface area (Å²) in [5.74, 6) is 0.694. The summed E-state index contributed by atoms with van der Waals surface area (Å²) in [6.07, 6.45) is 0.476. The number of carbonyl (C=O) groups is 1. The van der Waals surface area contributed by atoms with Crippen molar-refractivity contribution in [3.63, 3.8) is 0 Å². The predicted octanol–water partition coefficient (Wildman–Crippen LogP) is 3.64. The molecule has 0 saturated carbocycles. The molecule has 0 aliphatic heterocycles. The number of hydrogen-bond donors (Lipinski definition) is 0. The van der Waals surface area contributed by atoms with Gasteiger partial charge < -0.3 is 4.52 Å². The molecule has 0 aromatic carbocycles. The maximum Gasteiger partial charge on any atom is 0.237 e. The van der Waals surface area contributed by atoms with Crippen LogP contribution in [0.5, 0.6) is 0 Å². The number of Topliss-reactive ketones (excluding diaryl/α,β-unsaturated/α-hetero) is 1. The Kier molecular flexibility index (Phi) is 3.73. The molecule has 1 unspecified atom stereocenters. The van der Waals surface area contributed by atoms with Crippen LogP contribution in [0.25, 0.3) is 10.7 Å². The van der Waals surface area contributed by atoms with E-state index < -0.39 is 0 Å². The van der Waals surface area contributed by atoms with Gasteiger partial charge in [0.05, 0.1) is 10.8 Å². The SMILES string of the molecule is CCC(=O)C(C)c1nc(-c2cc(Br)cs2)no1. The number of halogens is 1. The summed E-state index contributed by atoms with van der Waals surface area (Å²) in [6.45, 7) is 3.61. The van der Waals surface area contributed by atoms with Crippen molar-refractivity contribution in [2.45, 2.75) is 26.2 Å². The van der Waals surface area contributed by atoms with Crippen LogP contribution in [-0.2, 0) is 4.79 Å². The summed E-state index contributed by atoms with van der Waals surface area (Å²) in [5.41, 5.74) is 0. The minimum atomic E-state index is -0.329. The molecule has 1 atom stereocenters. The molecule has 0 N–H and O–H groups in total. The van der Waals surface area contributed by atoms with Gasteiger partial charge in [-0.15, -0.1) is 11.3 Å². The lowest BCUT2D eigenvalue weighted by Gasteiger charge is -2.00. The van der Waals surface area contributed by atoms with Gasteiger partial charge in [-0.2, -0.15) is 4.98 Å². The number of thiophene rings is 1. The second kappa shape index (κ2) is 5.10. The zero-order valence-corrected chi connectivity index (χ0v) is 11.8. The second-order valence-electron chi connectivity index (χ2n) is 3.63. The van der Waals surface area contributed by atoms with Crippen LogP contribution in [0, 0.1) is 0 Å². The third kappa shape index (κ3) is 2.63. The predicted molar refractivity (Wildman–Crippen MR) is 69.0 cm³/mol. The van der Waals surface area contributed by atoms with Gasteiger partial charge in [-0.25, -0.2) is 0 Å². The Morgan fingerprint density at radius 2 is 2.41 bits per heavy atom. The molecule has 17 heavy (non-hydrogen) atoms. The van der Waals surface area contributed by atoms with Crippen molar-refractivity contribution in [2.24, 2.45) is 0 Å². The molecule has 0 fully saturated rings. The summed E-state index contributed by atoms with van der Waals surface area (Å²) in [5, 5.41) is 5.84. The van der Waals surface area contributed by atoms with Gasteiger partial charge in [-0.05, 0) is 28.9 Å². The first kappa shape index (κ1) is 12.4. The van der Waals surface area contributed by atoms with E-state index in [1.54, 1.807) is 6.92 Å². The Hall–Kier alpha value is -1.01. The van der Waals surface area contributed by atoms with Gasteiger partial charge in [0.25, 0.3) is 0 Å². The van der Waals surface area contributed by atoms with Crippen molar-refractivity contribution >= 4 is 33.0 Å². The van der Waals surface area contributed by atoms with Crippen LogP contribution in [0.4, 0.5) is 0 Å². The molecule has 2 aromatic heterocycles. The lowest BCUT2D eigenvalue weighted by Crippen LogP contribution is -2.07. The van der Waals surface area contributed by atoms with Gasteiger partial charge >= 0.3 is 0 Å². The van der Waals surface area contributed by atoms with Gasteiger partial charge in [-0.1, -0.05) is 12.1 Å². The number of nitrogens with zero attached hydrogens (tertiary/aromatic N) is 2. The van der Waals surface area contributed by atoms with E-state index in [0.717, 1.165) is 9.35 Å². The van der Waals surface area contributed by atoms with E-state index in [-0.39, 0.29) is 11.7 Å². The van der Waals surface area contributed by atoms with Gasteiger partial charge in [0.2, 0.25) is 11.7 Å². The minimum Gasteiger partial charge on any atom is -0.338 e. The first-order valence-corrected chi connectivity index (χ1v) is 6.89. The zero-order chi connectivity index (χ0) is 12.4. The average Bonchev–Trinajstić information content (AvgIpc) is 2.95. The number of rotatable bonds is 4. The van der Waals surface area contributed by atoms with E-state index in [1.165, 1.54) is 11.3 Å². The molecule has 90 valence electrons. The Bertz CT molecular complexity index is 535. The zero-order valence-electron chi connectivity index (χ0n) is 9.44. The Labute approximate surface area is 111 Å². The van der Waals surface area contributed by atoms with E-state index >= 15 is 0 Å². The molecule has 0 spiro atoms. The third-order valence-electron chi connectivity index (χ3n) is 2.43. The van der Waals surface area contributed by atoms with Gasteiger partial charge in [0.1, 0.15) is 5.78 Å². The fourth-order valence-corrected chi connectivity index (χ4v) is 2.74. The van der Waals surface area contributed by atoms with Crippen molar-refractivity contribution in [3.05, 3.63) is 21.8 Å². The fraction of sp³-hybridized carbons (Fsp3) is 0.364. The number of hydrogen-bond acceptors (Lipinski definition) is 5. The topological polar surface area (TPSA) is 56.0 Å². The molecule has 0 aliphatic rings. The first-order chi connectivity index (χ1) is 8.11. The molecular formula is C11H11BrN2O2S. The molecular weight excluding hydrogens is 304 g/mol. The van der Waals surface area contributed by atoms with Crippen LogP contribution in [0.1, 0.15) is 32.1 Å². The maximum absolute atomic E-state index is 11.5. The monoisotopic (exact) mass is 314 g/mol. The van der Waals surface area contributed by atoms with E-state index in [4.69, 9.17) is 4.52 Å². The molecule has 2 heterocycles. The van der Waals surface area contributed by atoms with Crippen molar-refractivity contribution in [1.29, 1.82) is 0 Å². The van der Waals surface area contributed by atoms with Crippen molar-refractivity contribution < 1.29 is 9.32 Å².